The van der Waals surface area contributed by atoms with Gasteiger partial charge in [0.1, 0.15) is 0 Å². The lowest BCUT2D eigenvalue weighted by atomic mass is 9.82. The average Bonchev–Trinajstić information content (AvgIpc) is 2.65. The first-order valence-corrected chi connectivity index (χ1v) is 7.86. The van der Waals surface area contributed by atoms with E-state index in [4.69, 9.17) is 18.9 Å². The van der Waals surface area contributed by atoms with Crippen LogP contribution in [0.15, 0.2) is 36.4 Å². The number of rotatable bonds is 5. The first-order chi connectivity index (χ1) is 11.7. The molecule has 3 rings (SSSR count). The minimum atomic E-state index is 0.240. The van der Waals surface area contributed by atoms with Gasteiger partial charge >= 0.3 is 0 Å². The number of allylic oxidation sites excluding steroid dienone is 1. The number of hydrogen-bond acceptors (Lipinski definition) is 4. The highest BCUT2D eigenvalue weighted by molar-refractivity contribution is 5.65. The summed E-state index contributed by atoms with van der Waals surface area (Å²) >= 11 is 0. The summed E-state index contributed by atoms with van der Waals surface area (Å²) in [7, 11) is 6.62. The van der Waals surface area contributed by atoms with E-state index in [1.807, 2.05) is 18.2 Å². The first-order valence-electron chi connectivity index (χ1n) is 7.86. The van der Waals surface area contributed by atoms with Gasteiger partial charge in [0, 0.05) is 5.92 Å². The highest BCUT2D eigenvalue weighted by atomic mass is 16.5. The topological polar surface area (TPSA) is 36.9 Å². The molecule has 1 atom stereocenters. The summed E-state index contributed by atoms with van der Waals surface area (Å²) in [6.07, 6.45) is 5.25. The summed E-state index contributed by atoms with van der Waals surface area (Å²) in [6.45, 7) is 0. The Hall–Kier alpha value is -2.62. The molecule has 0 saturated carbocycles. The third kappa shape index (κ3) is 2.80. The van der Waals surface area contributed by atoms with Gasteiger partial charge in [-0.25, -0.2) is 0 Å². The van der Waals surface area contributed by atoms with Crippen LogP contribution in [-0.2, 0) is 0 Å². The summed E-state index contributed by atoms with van der Waals surface area (Å²) in [6, 6.07) is 10.2. The molecule has 0 saturated heterocycles. The van der Waals surface area contributed by atoms with Gasteiger partial charge in [-0.05, 0) is 47.4 Å². The summed E-state index contributed by atoms with van der Waals surface area (Å²) in [4.78, 5) is 0. The smallest absolute Gasteiger partial charge is 0.161 e. The number of fused-ring (bicyclic) bond motifs is 1. The van der Waals surface area contributed by atoms with Gasteiger partial charge in [0.05, 0.1) is 28.4 Å². The Morgan fingerprint density at radius 1 is 0.750 bits per heavy atom. The van der Waals surface area contributed by atoms with Crippen molar-refractivity contribution in [1.29, 1.82) is 0 Å². The van der Waals surface area contributed by atoms with Crippen LogP contribution in [0.5, 0.6) is 23.0 Å². The second-order valence-corrected chi connectivity index (χ2v) is 5.64. The van der Waals surface area contributed by atoms with Crippen LogP contribution in [0.25, 0.3) is 6.08 Å². The summed E-state index contributed by atoms with van der Waals surface area (Å²) in [5, 5.41) is 0. The van der Waals surface area contributed by atoms with Gasteiger partial charge in [-0.15, -0.1) is 0 Å². The number of benzene rings is 2. The monoisotopic (exact) mass is 326 g/mol. The Labute approximate surface area is 142 Å². The Balaban J connectivity index is 2.08. The molecule has 2 aromatic carbocycles. The van der Waals surface area contributed by atoms with Crippen molar-refractivity contribution < 1.29 is 18.9 Å². The molecule has 0 N–H and O–H groups in total. The van der Waals surface area contributed by atoms with Gasteiger partial charge < -0.3 is 18.9 Å². The van der Waals surface area contributed by atoms with Crippen LogP contribution < -0.4 is 18.9 Å². The van der Waals surface area contributed by atoms with E-state index in [2.05, 4.69) is 24.3 Å². The quantitative estimate of drug-likeness (QED) is 0.822. The summed E-state index contributed by atoms with van der Waals surface area (Å²) in [5.74, 6) is 3.21. The van der Waals surface area contributed by atoms with Crippen molar-refractivity contribution in [2.24, 2.45) is 0 Å². The molecule has 0 heterocycles. The van der Waals surface area contributed by atoms with Crippen molar-refractivity contribution in [3.8, 4) is 23.0 Å². The van der Waals surface area contributed by atoms with Gasteiger partial charge in [-0.1, -0.05) is 18.2 Å². The fourth-order valence-corrected chi connectivity index (χ4v) is 3.20. The lowest BCUT2D eigenvalue weighted by Gasteiger charge is -2.24. The maximum atomic E-state index is 5.47. The van der Waals surface area contributed by atoms with Crippen LogP contribution in [0.4, 0.5) is 0 Å². The molecule has 0 radical (unpaired) electrons. The molecule has 0 aliphatic heterocycles. The van der Waals surface area contributed by atoms with Crippen molar-refractivity contribution in [2.45, 2.75) is 12.3 Å². The van der Waals surface area contributed by atoms with Crippen molar-refractivity contribution in [3.05, 3.63) is 53.1 Å². The van der Waals surface area contributed by atoms with Gasteiger partial charge in [0.25, 0.3) is 0 Å². The maximum Gasteiger partial charge on any atom is 0.161 e. The normalized spacial score (nSPS) is 15.6. The zero-order valence-corrected chi connectivity index (χ0v) is 14.5. The zero-order valence-electron chi connectivity index (χ0n) is 14.5. The van der Waals surface area contributed by atoms with Gasteiger partial charge in [-0.3, -0.25) is 0 Å². The standard InChI is InChI=1S/C20H22O4/c1-21-17-9-8-14(11-18(17)22-2)15-7-5-6-13-10-19(23-3)20(24-4)12-16(13)15/h5-6,8-12,15H,7H2,1-4H3. The summed E-state index contributed by atoms with van der Waals surface area (Å²) in [5.41, 5.74) is 3.56. The highest BCUT2D eigenvalue weighted by Gasteiger charge is 2.22. The molecule has 2 aromatic rings. The van der Waals surface area contributed by atoms with Gasteiger partial charge in [0.2, 0.25) is 0 Å². The lowest BCUT2D eigenvalue weighted by Crippen LogP contribution is -2.07. The number of ether oxygens (including phenoxy) is 4. The lowest BCUT2D eigenvalue weighted by molar-refractivity contribution is 0.353. The third-order valence-electron chi connectivity index (χ3n) is 4.44. The largest absolute Gasteiger partial charge is 0.493 e. The molecule has 0 aromatic heterocycles. The van der Waals surface area contributed by atoms with Crippen LogP contribution in [0.3, 0.4) is 0 Å². The van der Waals surface area contributed by atoms with Crippen molar-refractivity contribution in [3.63, 3.8) is 0 Å². The Kier molecular flexibility index (Phi) is 4.65. The number of methoxy groups -OCH3 is 4. The molecule has 126 valence electrons. The fraction of sp³-hybridized carbons (Fsp3) is 0.300. The average molecular weight is 326 g/mol. The molecule has 0 spiro atoms. The first kappa shape index (κ1) is 16.2. The maximum absolute atomic E-state index is 5.47. The molecule has 1 aliphatic carbocycles. The van der Waals surface area contributed by atoms with Crippen LogP contribution in [0.1, 0.15) is 29.0 Å². The van der Waals surface area contributed by atoms with Crippen LogP contribution in [0, 0.1) is 0 Å². The molecule has 0 bridgehead atoms. The highest BCUT2D eigenvalue weighted by Crippen LogP contribution is 2.42. The SMILES string of the molecule is COc1ccc(C2CC=Cc3cc(OC)c(OC)cc32)cc1OC. The van der Waals surface area contributed by atoms with Gasteiger partial charge in [-0.2, -0.15) is 0 Å². The Morgan fingerprint density at radius 3 is 2.04 bits per heavy atom. The minimum absolute atomic E-state index is 0.240. The minimum Gasteiger partial charge on any atom is -0.493 e. The van der Waals surface area contributed by atoms with Gasteiger partial charge in [0.15, 0.2) is 23.0 Å². The molecule has 1 aliphatic rings. The summed E-state index contributed by atoms with van der Waals surface area (Å²) < 4.78 is 21.7. The fourth-order valence-electron chi connectivity index (χ4n) is 3.20. The third-order valence-corrected chi connectivity index (χ3v) is 4.44. The number of hydrogen-bond donors (Lipinski definition) is 0. The second kappa shape index (κ2) is 6.87. The molecule has 0 fully saturated rings. The van der Waals surface area contributed by atoms with E-state index in [0.29, 0.717) is 0 Å². The second-order valence-electron chi connectivity index (χ2n) is 5.64. The molecular weight excluding hydrogens is 304 g/mol. The van der Waals surface area contributed by atoms with E-state index < -0.39 is 0 Å². The van der Waals surface area contributed by atoms with E-state index in [9.17, 15) is 0 Å². The van der Waals surface area contributed by atoms with E-state index in [-0.39, 0.29) is 5.92 Å². The van der Waals surface area contributed by atoms with Crippen LogP contribution in [0.2, 0.25) is 0 Å². The predicted molar refractivity (Wildman–Crippen MR) is 94.6 cm³/mol. The van der Waals surface area contributed by atoms with E-state index in [1.54, 1.807) is 28.4 Å². The van der Waals surface area contributed by atoms with E-state index >= 15 is 0 Å². The molecule has 4 nitrogen and oxygen atoms in total. The molecule has 4 heteroatoms. The predicted octanol–water partition coefficient (Wildman–Crippen LogP) is 4.27. The molecular formula is C20H22O4. The Bertz CT molecular complexity index is 764. The molecule has 0 amide bonds. The van der Waals surface area contributed by atoms with Crippen molar-refractivity contribution in [2.75, 3.05) is 28.4 Å². The Morgan fingerprint density at radius 2 is 1.38 bits per heavy atom. The van der Waals surface area contributed by atoms with Crippen molar-refractivity contribution >= 4 is 6.08 Å². The van der Waals surface area contributed by atoms with Crippen LogP contribution in [-0.4, -0.2) is 28.4 Å². The van der Waals surface area contributed by atoms with Crippen LogP contribution >= 0.6 is 0 Å². The van der Waals surface area contributed by atoms with E-state index in [0.717, 1.165) is 35.0 Å². The molecule has 1 unspecified atom stereocenters. The molecule has 24 heavy (non-hydrogen) atoms. The van der Waals surface area contributed by atoms with E-state index in [1.165, 1.54) is 11.1 Å². The van der Waals surface area contributed by atoms with Crippen molar-refractivity contribution in [1.82, 2.24) is 0 Å². The zero-order chi connectivity index (χ0) is 17.1.